The van der Waals surface area contributed by atoms with Crippen LogP contribution >= 0.6 is 24.0 Å². The lowest BCUT2D eigenvalue weighted by molar-refractivity contribution is 0.251. The van der Waals surface area contributed by atoms with Crippen molar-refractivity contribution in [1.82, 2.24) is 5.43 Å². The van der Waals surface area contributed by atoms with Gasteiger partial charge in [0.1, 0.15) is 17.3 Å². The van der Waals surface area contributed by atoms with Gasteiger partial charge in [-0.1, -0.05) is 23.9 Å². The summed E-state index contributed by atoms with van der Waals surface area (Å²) in [5.74, 6) is -0.777. The fourth-order valence-electron chi connectivity index (χ4n) is 1.74. The molecule has 0 saturated heterocycles. The number of methoxy groups -OCH3 is 1. The number of nitrogens with one attached hydrogen (secondary N) is 2. The standard InChI is InChI=1S/C15H15F2N3O2S2/c1-21-13-5-3-2-4-12(13)19-15(23)20-18-8-10-6-7-11(22-10)9-24-14(16)17/h2-8,14H,9H2,1H3,(H2,19,20,23)/b18-8-. The van der Waals surface area contributed by atoms with Crippen LogP contribution in [0, 0.1) is 0 Å². The molecule has 0 atom stereocenters. The molecule has 0 amide bonds. The zero-order valence-electron chi connectivity index (χ0n) is 12.7. The van der Waals surface area contributed by atoms with Crippen LogP contribution in [-0.4, -0.2) is 24.2 Å². The quantitative estimate of drug-likeness (QED) is 0.435. The Balaban J connectivity index is 1.84. The van der Waals surface area contributed by atoms with Crippen molar-refractivity contribution in [2.45, 2.75) is 11.5 Å². The van der Waals surface area contributed by atoms with E-state index in [4.69, 9.17) is 21.4 Å². The van der Waals surface area contributed by atoms with E-state index in [9.17, 15) is 8.78 Å². The SMILES string of the molecule is COc1ccccc1NC(=S)N/N=C\c1ccc(CSC(F)F)o1. The molecule has 24 heavy (non-hydrogen) atoms. The summed E-state index contributed by atoms with van der Waals surface area (Å²) in [6, 6.07) is 10.6. The van der Waals surface area contributed by atoms with Crippen LogP contribution in [-0.2, 0) is 5.75 Å². The molecule has 0 radical (unpaired) electrons. The molecule has 2 aromatic rings. The highest BCUT2D eigenvalue weighted by atomic mass is 32.2. The summed E-state index contributed by atoms with van der Waals surface area (Å²) < 4.78 is 34.8. The first-order valence-corrected chi connectivity index (χ1v) is 8.25. The lowest BCUT2D eigenvalue weighted by Gasteiger charge is -2.10. The minimum Gasteiger partial charge on any atom is -0.495 e. The number of thiocarbonyl (C=S) groups is 1. The molecule has 2 rings (SSSR count). The number of furan rings is 1. The molecular formula is C15H15F2N3O2S2. The number of thioether (sulfide) groups is 1. The van der Waals surface area contributed by atoms with Gasteiger partial charge in [-0.15, -0.1) is 0 Å². The first kappa shape index (κ1) is 18.2. The van der Waals surface area contributed by atoms with E-state index in [1.165, 1.54) is 6.21 Å². The highest BCUT2D eigenvalue weighted by Gasteiger charge is 2.06. The highest BCUT2D eigenvalue weighted by molar-refractivity contribution is 7.98. The largest absolute Gasteiger partial charge is 0.495 e. The van der Waals surface area contributed by atoms with Crippen LogP contribution in [0.5, 0.6) is 5.75 Å². The normalized spacial score (nSPS) is 11.0. The van der Waals surface area contributed by atoms with Crippen LogP contribution in [0.15, 0.2) is 45.9 Å². The van der Waals surface area contributed by atoms with Crippen molar-refractivity contribution < 1.29 is 17.9 Å². The Bertz CT molecular complexity index is 708. The van der Waals surface area contributed by atoms with Crippen molar-refractivity contribution in [1.29, 1.82) is 0 Å². The molecule has 0 bridgehead atoms. The van der Waals surface area contributed by atoms with Crippen LogP contribution in [0.4, 0.5) is 14.5 Å². The highest BCUT2D eigenvalue weighted by Crippen LogP contribution is 2.23. The second-order valence-corrected chi connectivity index (χ2v) is 5.79. The van der Waals surface area contributed by atoms with Gasteiger partial charge in [0.2, 0.25) is 0 Å². The Morgan fingerprint density at radius 3 is 2.92 bits per heavy atom. The molecule has 0 unspecified atom stereocenters. The molecule has 1 aromatic heterocycles. The van der Waals surface area contributed by atoms with Crippen LogP contribution in [0.2, 0.25) is 0 Å². The molecule has 1 aromatic carbocycles. The van der Waals surface area contributed by atoms with Crippen LogP contribution in [0.1, 0.15) is 11.5 Å². The average molecular weight is 371 g/mol. The number of ether oxygens (including phenoxy) is 1. The van der Waals surface area contributed by atoms with Crippen LogP contribution in [0.25, 0.3) is 0 Å². The van der Waals surface area contributed by atoms with Gasteiger partial charge in [-0.25, -0.2) is 0 Å². The van der Waals surface area contributed by atoms with Gasteiger partial charge in [-0.2, -0.15) is 13.9 Å². The van der Waals surface area contributed by atoms with E-state index in [-0.39, 0.29) is 10.9 Å². The summed E-state index contributed by atoms with van der Waals surface area (Å²) >= 11 is 5.63. The van der Waals surface area contributed by atoms with Crippen LogP contribution < -0.4 is 15.5 Å². The fourth-order valence-corrected chi connectivity index (χ4v) is 2.35. The Morgan fingerprint density at radius 1 is 1.38 bits per heavy atom. The molecule has 5 nitrogen and oxygen atoms in total. The van der Waals surface area contributed by atoms with Crippen molar-refractivity contribution >= 4 is 41.0 Å². The number of benzene rings is 1. The molecule has 0 aliphatic carbocycles. The Kier molecular flexibility index (Phi) is 7.01. The summed E-state index contributed by atoms with van der Waals surface area (Å²) in [5.41, 5.74) is 3.34. The third kappa shape index (κ3) is 5.82. The number of hydrogen-bond donors (Lipinski definition) is 2. The Labute approximate surface area is 147 Å². The second-order valence-electron chi connectivity index (χ2n) is 4.40. The lowest BCUT2D eigenvalue weighted by Crippen LogP contribution is -2.24. The minimum absolute atomic E-state index is 0.104. The number of hydrazone groups is 1. The summed E-state index contributed by atoms with van der Waals surface area (Å²) in [5, 5.41) is 7.16. The number of nitrogens with zero attached hydrogens (tertiary/aromatic N) is 1. The van der Waals surface area contributed by atoms with E-state index in [2.05, 4.69) is 15.8 Å². The number of halogens is 2. The first-order valence-electron chi connectivity index (χ1n) is 6.80. The maximum Gasteiger partial charge on any atom is 0.284 e. The molecule has 2 N–H and O–H groups in total. The lowest BCUT2D eigenvalue weighted by atomic mass is 10.3. The van der Waals surface area contributed by atoms with Gasteiger partial charge in [0.05, 0.1) is 24.8 Å². The summed E-state index contributed by atoms with van der Waals surface area (Å²) in [6.07, 6.45) is 1.41. The molecule has 1 heterocycles. The molecule has 0 spiro atoms. The fraction of sp³-hybridized carbons (Fsp3) is 0.200. The molecule has 0 fully saturated rings. The molecule has 9 heteroatoms. The van der Waals surface area contributed by atoms with E-state index < -0.39 is 5.76 Å². The molecular weight excluding hydrogens is 356 g/mol. The van der Waals surface area contributed by atoms with Crippen molar-refractivity contribution in [3.63, 3.8) is 0 Å². The molecule has 0 aliphatic heterocycles. The van der Waals surface area contributed by atoms with E-state index >= 15 is 0 Å². The molecule has 128 valence electrons. The second kappa shape index (κ2) is 9.24. The third-order valence-electron chi connectivity index (χ3n) is 2.75. The topological polar surface area (TPSA) is 58.8 Å². The number of anilines is 1. The number of hydrogen-bond acceptors (Lipinski definition) is 5. The van der Waals surface area contributed by atoms with Crippen LogP contribution in [0.3, 0.4) is 0 Å². The van der Waals surface area contributed by atoms with Gasteiger partial charge < -0.3 is 14.5 Å². The summed E-state index contributed by atoms with van der Waals surface area (Å²) in [7, 11) is 1.57. The minimum atomic E-state index is -2.42. The zero-order valence-corrected chi connectivity index (χ0v) is 14.3. The Morgan fingerprint density at radius 2 is 2.17 bits per heavy atom. The zero-order chi connectivity index (χ0) is 17.4. The summed E-state index contributed by atoms with van der Waals surface area (Å²) in [4.78, 5) is 0. The average Bonchev–Trinajstić information content (AvgIpc) is 3.01. The number of rotatable bonds is 7. The van der Waals surface area contributed by atoms with Gasteiger partial charge >= 0.3 is 0 Å². The van der Waals surface area contributed by atoms with E-state index in [1.807, 2.05) is 18.2 Å². The predicted molar refractivity (Wildman–Crippen MR) is 96.0 cm³/mol. The third-order valence-corrected chi connectivity index (χ3v) is 3.64. The Hall–Kier alpha value is -2.13. The molecule has 0 saturated carbocycles. The van der Waals surface area contributed by atoms with E-state index in [0.29, 0.717) is 34.7 Å². The van der Waals surface area contributed by atoms with Gasteiger partial charge in [-0.3, -0.25) is 5.43 Å². The van der Waals surface area contributed by atoms with Crippen molar-refractivity contribution in [3.05, 3.63) is 47.9 Å². The van der Waals surface area contributed by atoms with E-state index in [0.717, 1.165) is 0 Å². The van der Waals surface area contributed by atoms with Crippen molar-refractivity contribution in [3.8, 4) is 5.75 Å². The molecule has 0 aliphatic rings. The van der Waals surface area contributed by atoms with Gasteiger partial charge in [-0.05, 0) is 36.5 Å². The number of alkyl halides is 2. The van der Waals surface area contributed by atoms with Crippen molar-refractivity contribution in [2.24, 2.45) is 5.10 Å². The van der Waals surface area contributed by atoms with Gasteiger partial charge in [0, 0.05) is 0 Å². The summed E-state index contributed by atoms with van der Waals surface area (Å²) in [6.45, 7) is 0. The maximum atomic E-state index is 12.1. The van der Waals surface area contributed by atoms with E-state index in [1.54, 1.807) is 25.3 Å². The monoisotopic (exact) mass is 371 g/mol. The van der Waals surface area contributed by atoms with Crippen molar-refractivity contribution in [2.75, 3.05) is 12.4 Å². The number of para-hydroxylation sites is 2. The maximum absolute atomic E-state index is 12.1. The van der Waals surface area contributed by atoms with Gasteiger partial charge in [0.25, 0.3) is 5.76 Å². The predicted octanol–water partition coefficient (Wildman–Crippen LogP) is 4.06. The first-order chi connectivity index (χ1) is 11.6. The smallest absolute Gasteiger partial charge is 0.284 e. The van der Waals surface area contributed by atoms with Gasteiger partial charge in [0.15, 0.2) is 5.11 Å².